The van der Waals surface area contributed by atoms with Crippen LogP contribution >= 0.6 is 0 Å². The van der Waals surface area contributed by atoms with Crippen LogP contribution in [0.5, 0.6) is 0 Å². The molecule has 0 saturated heterocycles. The third kappa shape index (κ3) is 3.72. The fraction of sp³-hybridized carbons (Fsp3) is 0.400. The van der Waals surface area contributed by atoms with E-state index in [2.05, 4.69) is 79.7 Å². The molecule has 0 spiro atoms. The zero-order valence-electron chi connectivity index (χ0n) is 14.3. The molecule has 0 heterocycles. The Morgan fingerprint density at radius 3 is 0.650 bits per heavy atom. The van der Waals surface area contributed by atoms with Crippen LogP contribution in [-0.4, -0.2) is 0 Å². The molecule has 0 aliphatic heterocycles. The summed E-state index contributed by atoms with van der Waals surface area (Å²) >= 11 is 0. The topological polar surface area (TPSA) is 0 Å². The molecule has 0 aromatic heterocycles. The second kappa shape index (κ2) is 6.74. The summed E-state index contributed by atoms with van der Waals surface area (Å²) in [4.78, 5) is 0. The van der Waals surface area contributed by atoms with Gasteiger partial charge >= 0.3 is 0 Å². The van der Waals surface area contributed by atoms with Gasteiger partial charge in [-0.05, 0) is 77.7 Å². The molecule has 108 valence electrons. The highest BCUT2D eigenvalue weighted by Crippen LogP contribution is 2.29. The molecule has 0 saturated carbocycles. The highest BCUT2D eigenvalue weighted by Gasteiger charge is 2.10. The highest BCUT2D eigenvalue weighted by atomic mass is 14.2. The minimum absolute atomic E-state index is 1.34. The lowest BCUT2D eigenvalue weighted by atomic mass is 9.89. The van der Waals surface area contributed by atoms with Crippen molar-refractivity contribution in [2.75, 3.05) is 0 Å². The van der Waals surface area contributed by atoms with E-state index in [0.29, 0.717) is 0 Å². The summed E-state index contributed by atoms with van der Waals surface area (Å²) in [6.07, 6.45) is 9.08. The van der Waals surface area contributed by atoms with Crippen molar-refractivity contribution >= 4 is 0 Å². The van der Waals surface area contributed by atoms with Gasteiger partial charge in [-0.2, -0.15) is 0 Å². The summed E-state index contributed by atoms with van der Waals surface area (Å²) in [5.74, 6) is 0. The van der Waals surface area contributed by atoms with Gasteiger partial charge in [0.25, 0.3) is 0 Å². The Labute approximate surface area is 125 Å². The van der Waals surface area contributed by atoms with Crippen molar-refractivity contribution in [3.8, 4) is 0 Å². The highest BCUT2D eigenvalue weighted by molar-refractivity contribution is 5.60. The maximum atomic E-state index is 2.27. The fourth-order valence-electron chi connectivity index (χ4n) is 2.44. The Balaban J connectivity index is 3.64. The molecule has 1 rings (SSSR count). The smallest absolute Gasteiger partial charge is 0.0198 e. The maximum absolute atomic E-state index is 2.27. The second-order valence-corrected chi connectivity index (χ2v) is 6.32. The summed E-state index contributed by atoms with van der Waals surface area (Å²) in [7, 11) is 0. The average Bonchev–Trinajstić information content (AvgIpc) is 2.26. The van der Waals surface area contributed by atoms with Crippen molar-refractivity contribution in [1.82, 2.24) is 0 Å². The standard InChI is InChI=1S/C20H28/c1-13(2)17-9-10-19(15(5)6)20(16(7)8)12-11-18(17)14(3)4/h9-12H,1-8H3/b10-9-,12-11-. The molecule has 0 amide bonds. The molecule has 0 nitrogen and oxygen atoms in total. The van der Waals surface area contributed by atoms with Crippen LogP contribution in [0, 0.1) is 0 Å². The van der Waals surface area contributed by atoms with Gasteiger partial charge in [0.05, 0.1) is 0 Å². The normalized spacial score (nSPS) is 18.4. The van der Waals surface area contributed by atoms with Crippen LogP contribution in [0.15, 0.2) is 68.9 Å². The van der Waals surface area contributed by atoms with E-state index in [9.17, 15) is 0 Å². The van der Waals surface area contributed by atoms with Crippen LogP contribution in [0.25, 0.3) is 0 Å². The van der Waals surface area contributed by atoms with Gasteiger partial charge in [-0.3, -0.25) is 0 Å². The summed E-state index contributed by atoms with van der Waals surface area (Å²) in [6, 6.07) is 0. The van der Waals surface area contributed by atoms with Crippen LogP contribution in [0.1, 0.15) is 55.4 Å². The lowest BCUT2D eigenvalue weighted by Crippen LogP contribution is -1.97. The molecular weight excluding hydrogens is 240 g/mol. The van der Waals surface area contributed by atoms with Crippen LogP contribution in [0.4, 0.5) is 0 Å². The Hall–Kier alpha value is -1.56. The van der Waals surface area contributed by atoms with E-state index < -0.39 is 0 Å². The van der Waals surface area contributed by atoms with Crippen LogP contribution < -0.4 is 0 Å². The van der Waals surface area contributed by atoms with Crippen LogP contribution in [0.2, 0.25) is 0 Å². The van der Waals surface area contributed by atoms with E-state index in [1.807, 2.05) is 0 Å². The van der Waals surface area contributed by atoms with Crippen molar-refractivity contribution in [3.05, 3.63) is 68.9 Å². The van der Waals surface area contributed by atoms with Gasteiger partial charge in [0, 0.05) is 0 Å². The molecule has 0 bridgehead atoms. The van der Waals surface area contributed by atoms with Crippen LogP contribution in [0.3, 0.4) is 0 Å². The lowest BCUT2D eigenvalue weighted by molar-refractivity contribution is 1.22. The summed E-state index contributed by atoms with van der Waals surface area (Å²) in [5.41, 5.74) is 10.8. The van der Waals surface area contributed by atoms with Gasteiger partial charge in [0.2, 0.25) is 0 Å². The monoisotopic (exact) mass is 268 g/mol. The van der Waals surface area contributed by atoms with Gasteiger partial charge in [0.15, 0.2) is 0 Å². The van der Waals surface area contributed by atoms with Gasteiger partial charge in [-0.15, -0.1) is 0 Å². The number of hydrogen-bond donors (Lipinski definition) is 0. The summed E-state index contributed by atoms with van der Waals surface area (Å²) < 4.78 is 0. The van der Waals surface area contributed by atoms with E-state index in [-0.39, 0.29) is 0 Å². The third-order valence-corrected chi connectivity index (χ3v) is 3.57. The molecule has 20 heavy (non-hydrogen) atoms. The van der Waals surface area contributed by atoms with Crippen molar-refractivity contribution in [2.24, 2.45) is 0 Å². The van der Waals surface area contributed by atoms with E-state index in [0.717, 1.165) is 0 Å². The van der Waals surface area contributed by atoms with E-state index in [1.165, 1.54) is 44.6 Å². The molecule has 0 heteroatoms. The lowest BCUT2D eigenvalue weighted by Gasteiger charge is -2.16. The molecule has 1 aliphatic rings. The van der Waals surface area contributed by atoms with E-state index in [1.54, 1.807) is 0 Å². The first-order valence-corrected chi connectivity index (χ1v) is 7.32. The Morgan fingerprint density at radius 1 is 0.400 bits per heavy atom. The van der Waals surface area contributed by atoms with Gasteiger partial charge < -0.3 is 0 Å². The fourth-order valence-corrected chi connectivity index (χ4v) is 2.44. The van der Waals surface area contributed by atoms with Gasteiger partial charge in [-0.25, -0.2) is 0 Å². The SMILES string of the molecule is CC(C)=C1/C=C\C(=C(C)C)C(=C(C)C)/C=C\C1=C(C)C. The summed E-state index contributed by atoms with van der Waals surface area (Å²) in [6.45, 7) is 17.5. The first-order valence-electron chi connectivity index (χ1n) is 7.32. The molecule has 0 unspecified atom stereocenters. The Kier molecular flexibility index (Phi) is 5.56. The molecule has 1 aliphatic carbocycles. The first kappa shape index (κ1) is 16.5. The van der Waals surface area contributed by atoms with Gasteiger partial charge in [-0.1, -0.05) is 46.6 Å². The van der Waals surface area contributed by atoms with Crippen molar-refractivity contribution in [1.29, 1.82) is 0 Å². The zero-order valence-corrected chi connectivity index (χ0v) is 14.3. The molecule has 0 fully saturated rings. The minimum atomic E-state index is 1.34. The Bertz CT molecular complexity index is 460. The quantitative estimate of drug-likeness (QED) is 0.473. The number of hydrogen-bond acceptors (Lipinski definition) is 0. The predicted molar refractivity (Wildman–Crippen MR) is 91.8 cm³/mol. The molecule has 0 aromatic rings. The van der Waals surface area contributed by atoms with Crippen LogP contribution in [-0.2, 0) is 0 Å². The first-order chi connectivity index (χ1) is 9.25. The number of allylic oxidation sites excluding steroid dienone is 12. The minimum Gasteiger partial charge on any atom is -0.0686 e. The predicted octanol–water partition coefficient (Wildman–Crippen LogP) is 6.46. The zero-order chi connectivity index (χ0) is 15.4. The molecular formula is C20H28. The van der Waals surface area contributed by atoms with E-state index in [4.69, 9.17) is 0 Å². The molecule has 0 N–H and O–H groups in total. The largest absolute Gasteiger partial charge is 0.0686 e. The van der Waals surface area contributed by atoms with E-state index >= 15 is 0 Å². The molecule has 0 atom stereocenters. The maximum Gasteiger partial charge on any atom is -0.0198 e. The second-order valence-electron chi connectivity index (χ2n) is 6.32. The van der Waals surface area contributed by atoms with Gasteiger partial charge in [0.1, 0.15) is 0 Å². The average molecular weight is 268 g/mol. The summed E-state index contributed by atoms with van der Waals surface area (Å²) in [5, 5.41) is 0. The molecule has 0 radical (unpaired) electrons. The van der Waals surface area contributed by atoms with Crippen molar-refractivity contribution in [3.63, 3.8) is 0 Å². The molecule has 0 aromatic carbocycles. The van der Waals surface area contributed by atoms with Crippen molar-refractivity contribution in [2.45, 2.75) is 55.4 Å². The third-order valence-electron chi connectivity index (χ3n) is 3.57. The van der Waals surface area contributed by atoms with Crippen molar-refractivity contribution < 1.29 is 0 Å². The Morgan fingerprint density at radius 2 is 0.550 bits per heavy atom. The number of rotatable bonds is 0.